The van der Waals surface area contributed by atoms with Gasteiger partial charge in [0.05, 0.1) is 18.4 Å². The zero-order valence-electron chi connectivity index (χ0n) is 16.6. The number of fused-ring (bicyclic) bond motifs is 3. The predicted molar refractivity (Wildman–Crippen MR) is 112 cm³/mol. The van der Waals surface area contributed by atoms with Crippen LogP contribution in [0, 0.1) is 0 Å². The van der Waals surface area contributed by atoms with Crippen LogP contribution in [0.15, 0.2) is 34.4 Å². The van der Waals surface area contributed by atoms with Crippen LogP contribution >= 0.6 is 0 Å². The summed E-state index contributed by atoms with van der Waals surface area (Å²) < 4.78 is 8.20. The molecule has 0 saturated carbocycles. The summed E-state index contributed by atoms with van der Waals surface area (Å²) in [5.74, 6) is 2.96. The standard InChI is InChI=1S/C21H28N6O/c1-14(2)25-20(24-13-22)18-12-27-9-10-28-19-11-16(15-5-7-23-8-6-15)3-4-17(19)21(27)26-18/h3-4,11-15,23H,5-10H2,1-2H3,(H2,22,24,25). The van der Waals surface area contributed by atoms with Gasteiger partial charge in [0, 0.05) is 12.2 Å². The van der Waals surface area contributed by atoms with Crippen LogP contribution in [0.5, 0.6) is 5.75 Å². The summed E-state index contributed by atoms with van der Waals surface area (Å²) >= 11 is 0. The maximum atomic E-state index is 6.08. The van der Waals surface area contributed by atoms with Crippen LogP contribution in [-0.2, 0) is 6.54 Å². The van der Waals surface area contributed by atoms with E-state index in [0.29, 0.717) is 18.4 Å². The van der Waals surface area contributed by atoms with Crippen molar-refractivity contribution in [3.63, 3.8) is 0 Å². The van der Waals surface area contributed by atoms with Gasteiger partial charge < -0.3 is 20.4 Å². The number of imidazole rings is 1. The number of aliphatic imine (C=N–C) groups is 2. The maximum absolute atomic E-state index is 6.08. The molecule has 28 heavy (non-hydrogen) atoms. The first-order valence-corrected chi connectivity index (χ1v) is 10.0. The molecular formula is C21H28N6O. The highest BCUT2D eigenvalue weighted by Crippen LogP contribution is 2.36. The SMILES string of the molecule is CC(C)N=C(N=CN)c1cn2c(n1)-c1ccc(C3CCNCC3)cc1OCC2. The highest BCUT2D eigenvalue weighted by atomic mass is 16.5. The minimum Gasteiger partial charge on any atom is -0.491 e. The Bertz CT molecular complexity index is 892. The average molecular weight is 380 g/mol. The van der Waals surface area contributed by atoms with Gasteiger partial charge in [0.15, 0.2) is 5.84 Å². The van der Waals surface area contributed by atoms with Crippen LogP contribution in [0.2, 0.25) is 0 Å². The van der Waals surface area contributed by atoms with E-state index in [2.05, 4.69) is 38.1 Å². The number of amidine groups is 1. The van der Waals surface area contributed by atoms with E-state index in [1.54, 1.807) is 0 Å². The molecule has 0 aliphatic carbocycles. The van der Waals surface area contributed by atoms with Crippen molar-refractivity contribution in [3.8, 4) is 17.1 Å². The van der Waals surface area contributed by atoms with E-state index in [9.17, 15) is 0 Å². The molecule has 0 unspecified atom stereocenters. The number of nitrogens with one attached hydrogen (secondary N) is 1. The highest BCUT2D eigenvalue weighted by Gasteiger charge is 2.22. The summed E-state index contributed by atoms with van der Waals surface area (Å²) in [5, 5.41) is 3.43. The summed E-state index contributed by atoms with van der Waals surface area (Å²) in [7, 11) is 0. The van der Waals surface area contributed by atoms with E-state index in [1.165, 1.54) is 24.7 Å². The molecule has 1 aromatic carbocycles. The van der Waals surface area contributed by atoms with E-state index in [0.717, 1.165) is 42.5 Å². The minimum atomic E-state index is 0.114. The van der Waals surface area contributed by atoms with E-state index in [1.807, 2.05) is 20.0 Å². The first-order valence-electron chi connectivity index (χ1n) is 10.0. The van der Waals surface area contributed by atoms with Gasteiger partial charge in [-0.1, -0.05) is 6.07 Å². The number of nitrogens with zero attached hydrogens (tertiary/aromatic N) is 4. The van der Waals surface area contributed by atoms with Crippen molar-refractivity contribution in [2.75, 3.05) is 19.7 Å². The number of rotatable bonds is 3. The molecule has 2 aliphatic heterocycles. The lowest BCUT2D eigenvalue weighted by Gasteiger charge is -2.23. The Hall–Kier alpha value is -2.67. The number of aromatic nitrogens is 2. The Morgan fingerprint density at radius 1 is 1.36 bits per heavy atom. The Morgan fingerprint density at radius 3 is 2.93 bits per heavy atom. The zero-order chi connectivity index (χ0) is 19.5. The second-order valence-corrected chi connectivity index (χ2v) is 7.60. The molecule has 0 atom stereocenters. The van der Waals surface area contributed by atoms with Crippen LogP contribution < -0.4 is 15.8 Å². The zero-order valence-corrected chi connectivity index (χ0v) is 16.6. The van der Waals surface area contributed by atoms with Crippen molar-refractivity contribution in [3.05, 3.63) is 35.7 Å². The molecule has 148 valence electrons. The van der Waals surface area contributed by atoms with Crippen LogP contribution in [0.25, 0.3) is 11.4 Å². The van der Waals surface area contributed by atoms with Crippen molar-refractivity contribution >= 4 is 12.2 Å². The summed E-state index contributed by atoms with van der Waals surface area (Å²) in [6, 6.07) is 6.69. The summed E-state index contributed by atoms with van der Waals surface area (Å²) in [6.45, 7) is 7.53. The summed E-state index contributed by atoms with van der Waals surface area (Å²) in [6.07, 6.45) is 5.60. The first-order chi connectivity index (χ1) is 13.7. The Morgan fingerprint density at radius 2 is 2.18 bits per heavy atom. The van der Waals surface area contributed by atoms with Crippen LogP contribution in [-0.4, -0.2) is 47.5 Å². The van der Waals surface area contributed by atoms with Crippen molar-refractivity contribution in [2.24, 2.45) is 15.7 Å². The van der Waals surface area contributed by atoms with Gasteiger partial charge in [-0.05, 0) is 63.4 Å². The van der Waals surface area contributed by atoms with Crippen molar-refractivity contribution < 1.29 is 4.74 Å². The fourth-order valence-electron chi connectivity index (χ4n) is 3.90. The molecular weight excluding hydrogens is 352 g/mol. The third-order valence-electron chi connectivity index (χ3n) is 5.23. The van der Waals surface area contributed by atoms with E-state index < -0.39 is 0 Å². The fraction of sp³-hybridized carbons (Fsp3) is 0.476. The number of benzene rings is 1. The van der Waals surface area contributed by atoms with Crippen LogP contribution in [0.3, 0.4) is 0 Å². The predicted octanol–water partition coefficient (Wildman–Crippen LogP) is 2.55. The van der Waals surface area contributed by atoms with Crippen molar-refractivity contribution in [1.29, 1.82) is 0 Å². The molecule has 0 amide bonds. The number of ether oxygens (including phenoxy) is 1. The second-order valence-electron chi connectivity index (χ2n) is 7.60. The molecule has 4 rings (SSSR count). The van der Waals surface area contributed by atoms with Gasteiger partial charge in [-0.2, -0.15) is 0 Å². The normalized spacial score (nSPS) is 18.0. The number of hydrogen-bond donors (Lipinski definition) is 2. The van der Waals surface area contributed by atoms with Gasteiger partial charge in [0.2, 0.25) is 0 Å². The fourth-order valence-corrected chi connectivity index (χ4v) is 3.90. The lowest BCUT2D eigenvalue weighted by Crippen LogP contribution is -2.26. The first kappa shape index (κ1) is 18.7. The second kappa shape index (κ2) is 8.14. The molecule has 0 bridgehead atoms. The largest absolute Gasteiger partial charge is 0.491 e. The van der Waals surface area contributed by atoms with Crippen LogP contribution in [0.1, 0.15) is 43.9 Å². The Labute approximate surface area is 165 Å². The number of hydrogen-bond acceptors (Lipinski definition) is 4. The third-order valence-corrected chi connectivity index (χ3v) is 5.23. The molecule has 0 radical (unpaired) electrons. The quantitative estimate of drug-likeness (QED) is 0.632. The summed E-state index contributed by atoms with van der Waals surface area (Å²) in [4.78, 5) is 13.6. The average Bonchev–Trinajstić information content (AvgIpc) is 3.04. The molecule has 3 N–H and O–H groups in total. The molecule has 1 aromatic heterocycles. The lowest BCUT2D eigenvalue weighted by molar-refractivity contribution is 0.306. The van der Waals surface area contributed by atoms with Gasteiger partial charge in [-0.3, -0.25) is 4.99 Å². The monoisotopic (exact) mass is 380 g/mol. The molecule has 2 aromatic rings. The van der Waals surface area contributed by atoms with Gasteiger partial charge in [0.25, 0.3) is 0 Å². The maximum Gasteiger partial charge on any atom is 0.176 e. The molecule has 1 saturated heterocycles. The van der Waals surface area contributed by atoms with E-state index in [4.69, 9.17) is 15.5 Å². The van der Waals surface area contributed by atoms with Crippen molar-refractivity contribution in [2.45, 2.75) is 45.2 Å². The topological polar surface area (TPSA) is 89.8 Å². The van der Waals surface area contributed by atoms with Crippen molar-refractivity contribution in [1.82, 2.24) is 14.9 Å². The highest BCUT2D eigenvalue weighted by molar-refractivity contribution is 6.01. The smallest absolute Gasteiger partial charge is 0.176 e. The molecule has 0 spiro atoms. The molecule has 7 heteroatoms. The Balaban J connectivity index is 1.71. The van der Waals surface area contributed by atoms with Gasteiger partial charge in [-0.25, -0.2) is 9.98 Å². The Kier molecular flexibility index (Phi) is 5.43. The minimum absolute atomic E-state index is 0.114. The van der Waals surface area contributed by atoms with Gasteiger partial charge >= 0.3 is 0 Å². The van der Waals surface area contributed by atoms with Gasteiger partial charge in [-0.15, -0.1) is 0 Å². The van der Waals surface area contributed by atoms with E-state index >= 15 is 0 Å². The summed E-state index contributed by atoms with van der Waals surface area (Å²) in [5.41, 5.74) is 8.63. The van der Waals surface area contributed by atoms with E-state index in [-0.39, 0.29) is 6.04 Å². The molecule has 3 heterocycles. The lowest BCUT2D eigenvalue weighted by atomic mass is 9.89. The van der Waals surface area contributed by atoms with Crippen LogP contribution in [0.4, 0.5) is 0 Å². The number of nitrogens with two attached hydrogens (primary N) is 1. The molecule has 7 nitrogen and oxygen atoms in total. The molecule has 2 aliphatic rings. The number of piperidine rings is 1. The third kappa shape index (κ3) is 3.80. The molecule has 1 fully saturated rings. The van der Waals surface area contributed by atoms with Gasteiger partial charge in [0.1, 0.15) is 23.9 Å².